The summed E-state index contributed by atoms with van der Waals surface area (Å²) in [6, 6.07) is 19.0. The molecule has 0 atom stereocenters. The molecule has 0 bridgehead atoms. The van der Waals surface area contributed by atoms with E-state index < -0.39 is 11.6 Å². The number of carbonyl (C=O) groups excluding carboxylic acids is 1. The van der Waals surface area contributed by atoms with Crippen LogP contribution in [0.2, 0.25) is 5.15 Å². The van der Waals surface area contributed by atoms with Gasteiger partial charge in [0, 0.05) is 71.6 Å². The predicted molar refractivity (Wildman–Crippen MR) is 284 cm³/mol. The quantitative estimate of drug-likeness (QED) is 0.0135. The zero-order valence-electron chi connectivity index (χ0n) is 43.9. The molecular formula is C54H77BrClN5O10. The minimum atomic E-state index is -0.953. The number of aromatic nitrogens is 5. The fourth-order valence-electron chi connectivity index (χ4n) is 5.69. The van der Waals surface area contributed by atoms with Gasteiger partial charge in [0.1, 0.15) is 46.9 Å². The minimum absolute atomic E-state index is 0.0550. The van der Waals surface area contributed by atoms with E-state index in [0.717, 1.165) is 44.9 Å². The van der Waals surface area contributed by atoms with Gasteiger partial charge in [0.2, 0.25) is 17.4 Å². The van der Waals surface area contributed by atoms with E-state index in [2.05, 4.69) is 47.4 Å². The summed E-state index contributed by atoms with van der Waals surface area (Å²) >= 11 is 8.94. The summed E-state index contributed by atoms with van der Waals surface area (Å²) in [5.41, 5.74) is 8.31. The highest BCUT2D eigenvalue weighted by molar-refractivity contribution is 9.09. The molecule has 0 amide bonds. The van der Waals surface area contributed by atoms with Crippen molar-refractivity contribution >= 4 is 39.1 Å². The number of hydrogen-bond acceptors (Lipinski definition) is 15. The average Bonchev–Trinajstić information content (AvgIpc) is 3.37. The average molecular weight is 1070 g/mol. The molecular weight excluding hydrogens is 994 g/mol. The molecule has 5 aromatic heterocycles. The first-order valence-corrected chi connectivity index (χ1v) is 25.0. The molecule has 0 unspecified atom stereocenters. The van der Waals surface area contributed by atoms with E-state index in [-0.39, 0.29) is 19.0 Å². The van der Waals surface area contributed by atoms with Crippen molar-refractivity contribution in [2.24, 2.45) is 0 Å². The van der Waals surface area contributed by atoms with E-state index in [1.807, 2.05) is 124 Å². The molecule has 0 aliphatic rings. The predicted octanol–water partition coefficient (Wildman–Crippen LogP) is 11.0. The first kappa shape index (κ1) is 64.4. The Balaban J connectivity index is 0.000000455. The molecule has 17 heteroatoms. The molecule has 0 fully saturated rings. The van der Waals surface area contributed by atoms with Crippen LogP contribution in [0.4, 0.5) is 0 Å². The number of hydrogen-bond donors (Lipinski definition) is 0. The van der Waals surface area contributed by atoms with Crippen LogP contribution in [0.5, 0.6) is 0 Å². The molecule has 71 heavy (non-hydrogen) atoms. The summed E-state index contributed by atoms with van der Waals surface area (Å²) < 4.78 is 48.8. The molecule has 0 radical (unpaired) electrons. The number of methoxy groups -OCH3 is 2. The third-order valence-electron chi connectivity index (χ3n) is 9.27. The first-order valence-electron chi connectivity index (χ1n) is 23.5. The number of Topliss-reactive ketones (excluding diaryl/α,β-unsaturated/α-hetero) is 1. The van der Waals surface area contributed by atoms with E-state index in [4.69, 9.17) is 54.2 Å². The lowest BCUT2D eigenvalue weighted by Gasteiger charge is -2.32. The largest absolute Gasteiger partial charge is 0.492 e. The molecule has 5 aromatic rings. The van der Waals surface area contributed by atoms with Crippen LogP contribution in [-0.4, -0.2) is 123 Å². The summed E-state index contributed by atoms with van der Waals surface area (Å²) in [5, 5.41) is 1.12. The van der Waals surface area contributed by atoms with Gasteiger partial charge in [-0.3, -0.25) is 24.7 Å². The van der Waals surface area contributed by atoms with Gasteiger partial charge in [0.05, 0.1) is 38.4 Å². The van der Waals surface area contributed by atoms with E-state index >= 15 is 0 Å². The zero-order chi connectivity index (χ0) is 52.9. The second-order valence-electron chi connectivity index (χ2n) is 15.3. The highest BCUT2D eigenvalue weighted by Crippen LogP contribution is 2.29. The van der Waals surface area contributed by atoms with Gasteiger partial charge in [0.15, 0.2) is 0 Å². The fourth-order valence-corrected chi connectivity index (χ4v) is 6.42. The number of carbonyl (C=O) groups is 1. The van der Waals surface area contributed by atoms with Crippen molar-refractivity contribution in [2.75, 3.05) is 92.2 Å². The molecule has 392 valence electrons. The summed E-state index contributed by atoms with van der Waals surface area (Å²) in [5.74, 6) is -1.19. The third-order valence-corrected chi connectivity index (χ3v) is 10.2. The van der Waals surface area contributed by atoms with Gasteiger partial charge in [-0.2, -0.15) is 0 Å². The Bertz CT molecular complexity index is 2100. The van der Waals surface area contributed by atoms with Gasteiger partial charge >= 0.3 is 0 Å². The van der Waals surface area contributed by atoms with Crippen LogP contribution < -0.4 is 0 Å². The van der Waals surface area contributed by atoms with E-state index in [1.165, 1.54) is 0 Å². The fraction of sp³-hybridized carbons (Fsp3) is 0.481. The van der Waals surface area contributed by atoms with Gasteiger partial charge in [-0.15, -0.1) is 0 Å². The molecule has 5 rings (SSSR count). The van der Waals surface area contributed by atoms with Crippen molar-refractivity contribution in [1.82, 2.24) is 24.9 Å². The SMILES string of the molecule is C=C(OCC)c1ccc(C)cn1.CCOC(CBr)(OCC)c1ccc(C)cn1.CCOC(COCCOC)(OCC)c1ccc(C)cn1.COCCOCC(=O)c1ccc(C)cn1.Cc1ccc(Cl)nc1. The Kier molecular flexibility index (Phi) is 34.6. The van der Waals surface area contributed by atoms with E-state index in [0.29, 0.717) is 81.4 Å². The standard InChI is InChI=1S/C15H25NO4.C12H18BrNO2.C11H15NO3.C10H13NO.C6H6ClN/c1-5-19-15(20-6-2,12-18-10-9-17-4)14-8-7-13(3)11-16-14;1-4-15-12(9-13,16-5-2)11-7-6-10(3)8-14-11;1-9-3-4-10(12-7-9)11(13)8-15-6-5-14-2;1-4-12-9(3)10-6-5-8(2)7-11-10;1-5-2-3-6(7)8-4-5/h7-8,11H,5-6,9-10,12H2,1-4H3;6-8H,4-5,9H2,1-3H3;3-4,7H,5-6,8H2,1-2H3;5-7H,3-4H2,1-2H3;2-4H,1H3. The van der Waals surface area contributed by atoms with Crippen molar-refractivity contribution in [1.29, 1.82) is 0 Å². The lowest BCUT2D eigenvalue weighted by atomic mass is 10.1. The number of aryl methyl sites for hydroxylation is 5. The molecule has 0 aliphatic heterocycles. The maximum atomic E-state index is 11.5. The lowest BCUT2D eigenvalue weighted by Crippen LogP contribution is -2.39. The van der Waals surface area contributed by atoms with Crippen LogP contribution >= 0.6 is 27.5 Å². The highest BCUT2D eigenvalue weighted by atomic mass is 79.9. The number of ketones is 1. The van der Waals surface area contributed by atoms with E-state index in [9.17, 15) is 4.79 Å². The molecule has 5 heterocycles. The maximum Gasteiger partial charge on any atom is 0.236 e. The Morgan fingerprint density at radius 2 is 0.944 bits per heavy atom. The van der Waals surface area contributed by atoms with Crippen LogP contribution in [0, 0.1) is 34.6 Å². The summed E-state index contributed by atoms with van der Waals surface area (Å²) in [4.78, 5) is 32.3. The topological polar surface area (TPSA) is 165 Å². The maximum absolute atomic E-state index is 11.5. The number of pyridine rings is 5. The zero-order valence-corrected chi connectivity index (χ0v) is 46.3. The van der Waals surface area contributed by atoms with Crippen LogP contribution in [0.15, 0.2) is 98.2 Å². The molecule has 0 spiro atoms. The van der Waals surface area contributed by atoms with Crippen LogP contribution in [0.25, 0.3) is 5.76 Å². The lowest BCUT2D eigenvalue weighted by molar-refractivity contribution is -0.270. The Labute approximate surface area is 436 Å². The number of alkyl halides is 1. The van der Waals surface area contributed by atoms with Gasteiger partial charge < -0.3 is 42.6 Å². The van der Waals surface area contributed by atoms with Gasteiger partial charge in [0.25, 0.3) is 0 Å². The number of ether oxygens (including phenoxy) is 9. The van der Waals surface area contributed by atoms with Crippen LogP contribution in [0.1, 0.15) is 90.0 Å². The second kappa shape index (κ2) is 38.1. The normalized spacial score (nSPS) is 10.8. The molecule has 0 saturated heterocycles. The van der Waals surface area contributed by atoms with Crippen LogP contribution in [0.3, 0.4) is 0 Å². The third kappa shape index (κ3) is 26.1. The molecule has 0 N–H and O–H groups in total. The molecule has 0 saturated carbocycles. The summed E-state index contributed by atoms with van der Waals surface area (Å²) in [6.45, 7) is 28.5. The van der Waals surface area contributed by atoms with Crippen molar-refractivity contribution in [3.05, 3.63) is 154 Å². The Morgan fingerprint density at radius 1 is 0.535 bits per heavy atom. The summed E-state index contributed by atoms with van der Waals surface area (Å²) in [7, 11) is 3.23. The van der Waals surface area contributed by atoms with Crippen LogP contribution in [-0.2, 0) is 54.2 Å². The number of rotatable bonds is 25. The van der Waals surface area contributed by atoms with Crippen molar-refractivity contribution in [3.8, 4) is 0 Å². The minimum Gasteiger partial charge on any atom is -0.492 e. The van der Waals surface area contributed by atoms with Gasteiger partial charge in [-0.25, -0.2) is 4.98 Å². The second-order valence-corrected chi connectivity index (χ2v) is 16.2. The van der Waals surface area contributed by atoms with Crippen molar-refractivity contribution < 1.29 is 47.4 Å². The monoisotopic (exact) mass is 1070 g/mol. The Hall–Kier alpha value is -4.59. The van der Waals surface area contributed by atoms with Gasteiger partial charge in [-0.1, -0.05) is 64.4 Å². The van der Waals surface area contributed by atoms with Crippen molar-refractivity contribution in [2.45, 2.75) is 80.8 Å². The smallest absolute Gasteiger partial charge is 0.236 e. The number of halogens is 2. The molecule has 0 aromatic carbocycles. The summed E-state index contributed by atoms with van der Waals surface area (Å²) in [6.07, 6.45) is 8.84. The molecule has 15 nitrogen and oxygen atoms in total. The van der Waals surface area contributed by atoms with E-state index in [1.54, 1.807) is 51.1 Å². The highest BCUT2D eigenvalue weighted by Gasteiger charge is 2.36. The number of nitrogens with zero attached hydrogens (tertiary/aromatic N) is 5. The molecule has 0 aliphatic carbocycles. The first-order chi connectivity index (χ1) is 34.1. The van der Waals surface area contributed by atoms with Crippen molar-refractivity contribution in [3.63, 3.8) is 0 Å². The Morgan fingerprint density at radius 3 is 1.31 bits per heavy atom. The van der Waals surface area contributed by atoms with Gasteiger partial charge in [-0.05, 0) is 127 Å².